The second kappa shape index (κ2) is 9.47. The Morgan fingerprint density at radius 2 is 1.70 bits per heavy atom. The van der Waals surface area contributed by atoms with Gasteiger partial charge in [-0.15, -0.1) is 10.2 Å². The molecule has 0 N–H and O–H groups in total. The molecule has 30 heavy (non-hydrogen) atoms. The van der Waals surface area contributed by atoms with Crippen molar-refractivity contribution in [3.8, 4) is 5.69 Å². The number of rotatable bonds is 6. The van der Waals surface area contributed by atoms with Crippen molar-refractivity contribution >= 4 is 17.7 Å². The fourth-order valence-corrected chi connectivity index (χ4v) is 4.97. The molecule has 0 bridgehead atoms. The van der Waals surface area contributed by atoms with E-state index in [0.717, 1.165) is 54.6 Å². The Hall–Kier alpha value is -2.60. The van der Waals surface area contributed by atoms with Crippen LogP contribution in [-0.2, 0) is 11.2 Å². The average molecular weight is 421 g/mol. The van der Waals surface area contributed by atoms with Gasteiger partial charge in [0.1, 0.15) is 5.82 Å². The summed E-state index contributed by atoms with van der Waals surface area (Å²) >= 11 is 1.47. The maximum atomic E-state index is 12.8. The van der Waals surface area contributed by atoms with Crippen molar-refractivity contribution in [3.05, 3.63) is 71.5 Å². The SMILES string of the molecule is Cc1ccccc1-n1c(C)nnc1SCC(=O)N1CCC(Cc2ccccc2)CC1. The number of hydrogen-bond acceptors (Lipinski definition) is 4. The lowest BCUT2D eigenvalue weighted by Gasteiger charge is -2.32. The minimum atomic E-state index is 0.190. The second-order valence-corrected chi connectivity index (χ2v) is 8.90. The van der Waals surface area contributed by atoms with Crippen LogP contribution in [0, 0.1) is 19.8 Å². The molecule has 156 valence electrons. The zero-order valence-electron chi connectivity index (χ0n) is 17.6. The zero-order chi connectivity index (χ0) is 20.9. The molecule has 0 unspecified atom stereocenters. The lowest BCUT2D eigenvalue weighted by molar-refractivity contribution is -0.129. The monoisotopic (exact) mass is 420 g/mol. The highest BCUT2D eigenvalue weighted by atomic mass is 32.2. The summed E-state index contributed by atoms with van der Waals surface area (Å²) in [5.74, 6) is 2.08. The van der Waals surface area contributed by atoms with Crippen LogP contribution in [0.25, 0.3) is 5.69 Å². The normalized spacial score (nSPS) is 14.8. The molecule has 0 radical (unpaired) electrons. The molecule has 0 spiro atoms. The number of carbonyl (C=O) groups excluding carboxylic acids is 1. The van der Waals surface area contributed by atoms with Gasteiger partial charge in [-0.05, 0) is 56.2 Å². The quantitative estimate of drug-likeness (QED) is 0.553. The van der Waals surface area contributed by atoms with Crippen molar-refractivity contribution in [1.29, 1.82) is 0 Å². The van der Waals surface area contributed by atoms with E-state index in [1.54, 1.807) is 0 Å². The number of aryl methyl sites for hydroxylation is 2. The predicted molar refractivity (Wildman–Crippen MR) is 121 cm³/mol. The Morgan fingerprint density at radius 3 is 2.43 bits per heavy atom. The van der Waals surface area contributed by atoms with Crippen LogP contribution in [0.1, 0.15) is 29.8 Å². The van der Waals surface area contributed by atoms with Gasteiger partial charge in [0.05, 0.1) is 11.4 Å². The fourth-order valence-electron chi connectivity index (χ4n) is 4.08. The van der Waals surface area contributed by atoms with E-state index in [9.17, 15) is 4.79 Å². The highest BCUT2D eigenvalue weighted by Gasteiger charge is 2.24. The van der Waals surface area contributed by atoms with Crippen LogP contribution in [0.2, 0.25) is 0 Å². The molecular weight excluding hydrogens is 392 g/mol. The number of likely N-dealkylation sites (tertiary alicyclic amines) is 1. The van der Waals surface area contributed by atoms with Gasteiger partial charge in [0.2, 0.25) is 5.91 Å². The van der Waals surface area contributed by atoms with Gasteiger partial charge in [0, 0.05) is 13.1 Å². The van der Waals surface area contributed by atoms with Gasteiger partial charge in [-0.3, -0.25) is 9.36 Å². The van der Waals surface area contributed by atoms with Crippen molar-refractivity contribution in [3.63, 3.8) is 0 Å². The van der Waals surface area contributed by atoms with Crippen LogP contribution >= 0.6 is 11.8 Å². The average Bonchev–Trinajstić information content (AvgIpc) is 3.14. The first-order valence-electron chi connectivity index (χ1n) is 10.5. The Morgan fingerprint density at radius 1 is 1.00 bits per heavy atom. The van der Waals surface area contributed by atoms with E-state index in [1.165, 1.54) is 17.3 Å². The molecule has 5 nitrogen and oxygen atoms in total. The largest absolute Gasteiger partial charge is 0.342 e. The first kappa shape index (κ1) is 20.7. The molecule has 1 amide bonds. The Labute approximate surface area is 182 Å². The lowest BCUT2D eigenvalue weighted by atomic mass is 9.90. The molecule has 0 atom stereocenters. The molecular formula is C24H28N4OS. The molecule has 1 aliphatic heterocycles. The third kappa shape index (κ3) is 4.75. The number of hydrogen-bond donors (Lipinski definition) is 0. The van der Waals surface area contributed by atoms with Crippen LogP contribution in [0.5, 0.6) is 0 Å². The summed E-state index contributed by atoms with van der Waals surface area (Å²) in [5.41, 5.74) is 3.62. The minimum absolute atomic E-state index is 0.190. The smallest absolute Gasteiger partial charge is 0.233 e. The molecule has 0 aliphatic carbocycles. The number of nitrogens with zero attached hydrogens (tertiary/aromatic N) is 4. The molecule has 0 saturated carbocycles. The van der Waals surface area contributed by atoms with Gasteiger partial charge in [0.25, 0.3) is 0 Å². The van der Waals surface area contributed by atoms with Crippen LogP contribution < -0.4 is 0 Å². The maximum absolute atomic E-state index is 12.8. The molecule has 2 aromatic carbocycles. The van der Waals surface area contributed by atoms with E-state index in [4.69, 9.17) is 0 Å². The Kier molecular flexibility index (Phi) is 6.53. The number of aromatic nitrogens is 3. The maximum Gasteiger partial charge on any atom is 0.233 e. The summed E-state index contributed by atoms with van der Waals surface area (Å²) in [7, 11) is 0. The first-order chi connectivity index (χ1) is 14.6. The number of amides is 1. The molecule has 1 aliphatic rings. The third-order valence-electron chi connectivity index (χ3n) is 5.81. The second-order valence-electron chi connectivity index (χ2n) is 7.95. The first-order valence-corrected chi connectivity index (χ1v) is 11.5. The van der Waals surface area contributed by atoms with Crippen LogP contribution in [0.3, 0.4) is 0 Å². The van der Waals surface area contributed by atoms with Crippen molar-refractivity contribution in [2.45, 2.75) is 38.3 Å². The van der Waals surface area contributed by atoms with Crippen molar-refractivity contribution in [2.75, 3.05) is 18.8 Å². The van der Waals surface area contributed by atoms with Gasteiger partial charge in [-0.2, -0.15) is 0 Å². The molecule has 1 aromatic heterocycles. The molecule has 1 saturated heterocycles. The summed E-state index contributed by atoms with van der Waals surface area (Å²) in [6, 6.07) is 18.8. The molecule has 1 fully saturated rings. The van der Waals surface area contributed by atoms with Crippen LogP contribution in [-0.4, -0.2) is 44.4 Å². The van der Waals surface area contributed by atoms with E-state index in [1.807, 2.05) is 28.5 Å². The number of carbonyl (C=O) groups is 1. The summed E-state index contributed by atoms with van der Waals surface area (Å²) in [5, 5.41) is 9.33. The third-order valence-corrected chi connectivity index (χ3v) is 6.72. The minimum Gasteiger partial charge on any atom is -0.342 e. The van der Waals surface area contributed by atoms with Gasteiger partial charge in [0.15, 0.2) is 5.16 Å². The lowest BCUT2D eigenvalue weighted by Crippen LogP contribution is -2.39. The van der Waals surface area contributed by atoms with Crippen molar-refractivity contribution < 1.29 is 4.79 Å². The van der Waals surface area contributed by atoms with Gasteiger partial charge in [-0.1, -0.05) is 60.3 Å². The van der Waals surface area contributed by atoms with Gasteiger partial charge < -0.3 is 4.90 Å². The number of thioether (sulfide) groups is 1. The van der Waals surface area contributed by atoms with E-state index in [-0.39, 0.29) is 5.91 Å². The molecule has 4 rings (SSSR count). The molecule has 6 heteroatoms. The van der Waals surface area contributed by atoms with Crippen LogP contribution in [0.4, 0.5) is 0 Å². The van der Waals surface area contributed by atoms with E-state index < -0.39 is 0 Å². The standard InChI is InChI=1S/C24H28N4OS/c1-18-8-6-7-11-22(18)28-19(2)25-26-24(28)30-17-23(29)27-14-12-21(13-15-27)16-20-9-4-3-5-10-20/h3-11,21H,12-17H2,1-2H3. The summed E-state index contributed by atoms with van der Waals surface area (Å²) in [6.45, 7) is 5.72. The summed E-state index contributed by atoms with van der Waals surface area (Å²) in [4.78, 5) is 14.8. The zero-order valence-corrected chi connectivity index (χ0v) is 18.4. The van der Waals surface area contributed by atoms with E-state index >= 15 is 0 Å². The van der Waals surface area contributed by atoms with E-state index in [2.05, 4.69) is 59.6 Å². The predicted octanol–water partition coefficient (Wildman–Crippen LogP) is 4.46. The Bertz CT molecular complexity index is 993. The number of para-hydroxylation sites is 1. The van der Waals surface area contributed by atoms with Crippen molar-refractivity contribution in [1.82, 2.24) is 19.7 Å². The Balaban J connectivity index is 1.33. The molecule has 3 aromatic rings. The van der Waals surface area contributed by atoms with Crippen LogP contribution in [0.15, 0.2) is 59.8 Å². The molecule has 2 heterocycles. The van der Waals surface area contributed by atoms with Gasteiger partial charge >= 0.3 is 0 Å². The van der Waals surface area contributed by atoms with Crippen molar-refractivity contribution in [2.24, 2.45) is 5.92 Å². The summed E-state index contributed by atoms with van der Waals surface area (Å²) < 4.78 is 2.04. The van der Waals surface area contributed by atoms with Gasteiger partial charge in [-0.25, -0.2) is 0 Å². The highest BCUT2D eigenvalue weighted by molar-refractivity contribution is 7.99. The van der Waals surface area contributed by atoms with E-state index in [0.29, 0.717) is 11.7 Å². The topological polar surface area (TPSA) is 51.0 Å². The highest BCUT2D eigenvalue weighted by Crippen LogP contribution is 2.26. The number of benzene rings is 2. The summed E-state index contributed by atoms with van der Waals surface area (Å²) in [6.07, 6.45) is 3.25. The number of piperidine rings is 1. The fraction of sp³-hybridized carbons (Fsp3) is 0.375.